The number of hydrogen-bond donors (Lipinski definition) is 0. The lowest BCUT2D eigenvalue weighted by Crippen LogP contribution is -2.27. The number of nitrogens with zero attached hydrogens (tertiary/aromatic N) is 1. The predicted molar refractivity (Wildman–Crippen MR) is 137 cm³/mol. The van der Waals surface area contributed by atoms with Crippen molar-refractivity contribution in [3.63, 3.8) is 0 Å². The Bertz CT molecular complexity index is 1400. The standard InChI is InChI=1S/C27H18BrNO3S/c28-21-13-14-24(32-17-19-9-6-8-18-7-4-5-12-23(18)19)20(15-21)16-25-26(30)29(27(31)33-25)22-10-2-1-3-11-22/h1-16H,17H2/b25-16+. The average Bonchev–Trinajstić information content (AvgIpc) is 3.11. The van der Waals surface area contributed by atoms with Crippen LogP contribution in [0.4, 0.5) is 10.5 Å². The van der Waals surface area contributed by atoms with E-state index in [-0.39, 0.29) is 11.1 Å². The molecule has 1 saturated heterocycles. The highest BCUT2D eigenvalue weighted by molar-refractivity contribution is 9.10. The zero-order valence-corrected chi connectivity index (χ0v) is 19.8. The molecule has 1 heterocycles. The van der Waals surface area contributed by atoms with Crippen molar-refractivity contribution in [3.8, 4) is 5.75 Å². The number of halogens is 1. The molecular weight excluding hydrogens is 498 g/mol. The number of rotatable bonds is 5. The predicted octanol–water partition coefficient (Wildman–Crippen LogP) is 7.42. The number of imide groups is 1. The fourth-order valence-corrected chi connectivity index (χ4v) is 4.96. The van der Waals surface area contributed by atoms with Crippen molar-refractivity contribution >= 4 is 61.4 Å². The Morgan fingerprint density at radius 3 is 2.48 bits per heavy atom. The minimum absolute atomic E-state index is 0.314. The monoisotopic (exact) mass is 515 g/mol. The Kier molecular flexibility index (Phi) is 6.03. The summed E-state index contributed by atoms with van der Waals surface area (Å²) in [4.78, 5) is 27.1. The summed E-state index contributed by atoms with van der Waals surface area (Å²) in [6.45, 7) is 0.384. The van der Waals surface area contributed by atoms with Crippen LogP contribution in [0.5, 0.6) is 5.75 Å². The number of carbonyl (C=O) groups excluding carboxylic acids is 2. The van der Waals surface area contributed by atoms with Gasteiger partial charge in [-0.2, -0.15) is 0 Å². The van der Waals surface area contributed by atoms with Gasteiger partial charge in [-0.1, -0.05) is 76.6 Å². The van der Waals surface area contributed by atoms with Gasteiger partial charge in [0.1, 0.15) is 12.4 Å². The smallest absolute Gasteiger partial charge is 0.298 e. The molecule has 162 valence electrons. The maximum atomic E-state index is 13.0. The Labute approximate surface area is 204 Å². The molecule has 0 N–H and O–H groups in total. The molecule has 2 amide bonds. The molecule has 0 aliphatic carbocycles. The fourth-order valence-electron chi connectivity index (χ4n) is 3.75. The molecule has 4 nitrogen and oxygen atoms in total. The largest absolute Gasteiger partial charge is 0.488 e. The number of ether oxygens (including phenoxy) is 1. The molecule has 4 aromatic carbocycles. The molecule has 1 aliphatic heterocycles. The minimum atomic E-state index is -0.337. The summed E-state index contributed by atoms with van der Waals surface area (Å²) in [5.41, 5.74) is 2.36. The molecule has 33 heavy (non-hydrogen) atoms. The molecule has 5 rings (SSSR count). The Balaban J connectivity index is 1.44. The molecule has 0 bridgehead atoms. The number of fused-ring (bicyclic) bond motifs is 1. The number of para-hydroxylation sites is 1. The van der Waals surface area contributed by atoms with E-state index < -0.39 is 0 Å². The third kappa shape index (κ3) is 4.45. The third-order valence-electron chi connectivity index (χ3n) is 5.33. The van der Waals surface area contributed by atoms with Crippen molar-refractivity contribution in [2.24, 2.45) is 0 Å². The van der Waals surface area contributed by atoms with E-state index in [1.54, 1.807) is 30.3 Å². The summed E-state index contributed by atoms with van der Waals surface area (Å²) in [5, 5.41) is 1.98. The van der Waals surface area contributed by atoms with Crippen LogP contribution in [-0.4, -0.2) is 11.1 Å². The fraction of sp³-hybridized carbons (Fsp3) is 0.0370. The summed E-state index contributed by atoms with van der Waals surface area (Å²) in [7, 11) is 0. The number of thioether (sulfide) groups is 1. The highest BCUT2D eigenvalue weighted by Gasteiger charge is 2.36. The topological polar surface area (TPSA) is 46.6 Å². The third-order valence-corrected chi connectivity index (χ3v) is 6.69. The van der Waals surface area contributed by atoms with E-state index in [1.165, 1.54) is 4.90 Å². The summed E-state index contributed by atoms with van der Waals surface area (Å²) < 4.78 is 7.04. The van der Waals surface area contributed by atoms with Gasteiger partial charge >= 0.3 is 0 Å². The first-order chi connectivity index (χ1) is 16.1. The van der Waals surface area contributed by atoms with Crippen LogP contribution < -0.4 is 9.64 Å². The van der Waals surface area contributed by atoms with Gasteiger partial charge in [-0.25, -0.2) is 4.90 Å². The van der Waals surface area contributed by atoms with Crippen molar-refractivity contribution in [2.75, 3.05) is 4.90 Å². The van der Waals surface area contributed by atoms with Crippen molar-refractivity contribution < 1.29 is 14.3 Å². The lowest BCUT2D eigenvalue weighted by atomic mass is 10.1. The van der Waals surface area contributed by atoms with Gasteiger partial charge in [-0.05, 0) is 64.5 Å². The molecule has 0 atom stereocenters. The van der Waals surface area contributed by atoms with Gasteiger partial charge < -0.3 is 4.74 Å². The van der Waals surface area contributed by atoms with Gasteiger partial charge in [-0.3, -0.25) is 9.59 Å². The Morgan fingerprint density at radius 1 is 0.879 bits per heavy atom. The quantitative estimate of drug-likeness (QED) is 0.259. The first-order valence-corrected chi connectivity index (χ1v) is 11.9. The SMILES string of the molecule is O=C1S/C(=C/c2cc(Br)ccc2OCc2cccc3ccccc23)C(=O)N1c1ccccc1. The summed E-state index contributed by atoms with van der Waals surface area (Å²) in [5.74, 6) is 0.300. The minimum Gasteiger partial charge on any atom is -0.488 e. The second kappa shape index (κ2) is 9.25. The number of amides is 2. The zero-order valence-electron chi connectivity index (χ0n) is 17.4. The molecule has 0 saturated carbocycles. The number of anilines is 1. The van der Waals surface area contributed by atoms with E-state index >= 15 is 0 Å². The van der Waals surface area contributed by atoms with E-state index in [9.17, 15) is 9.59 Å². The molecular formula is C27H18BrNO3S. The van der Waals surface area contributed by atoms with Crippen LogP contribution >= 0.6 is 27.7 Å². The van der Waals surface area contributed by atoms with E-state index in [4.69, 9.17) is 4.74 Å². The van der Waals surface area contributed by atoms with Gasteiger partial charge in [0.2, 0.25) is 0 Å². The van der Waals surface area contributed by atoms with Crippen LogP contribution in [0.2, 0.25) is 0 Å². The molecule has 0 radical (unpaired) electrons. The van der Waals surface area contributed by atoms with Crippen molar-refractivity contribution in [1.82, 2.24) is 0 Å². The second-order valence-corrected chi connectivity index (χ2v) is 9.37. The van der Waals surface area contributed by atoms with Crippen LogP contribution in [0.25, 0.3) is 16.8 Å². The van der Waals surface area contributed by atoms with E-state index in [0.717, 1.165) is 38.1 Å². The molecule has 1 aliphatic rings. The molecule has 6 heteroatoms. The van der Waals surface area contributed by atoms with Crippen LogP contribution in [0.3, 0.4) is 0 Å². The van der Waals surface area contributed by atoms with Crippen LogP contribution in [0, 0.1) is 0 Å². The Hall–Kier alpha value is -3.35. The molecule has 0 spiro atoms. The molecule has 0 unspecified atom stereocenters. The number of hydrogen-bond acceptors (Lipinski definition) is 4. The first kappa shape index (κ1) is 21.5. The summed E-state index contributed by atoms with van der Waals surface area (Å²) in [6.07, 6.45) is 1.72. The lowest BCUT2D eigenvalue weighted by Gasteiger charge is -2.13. The first-order valence-electron chi connectivity index (χ1n) is 10.3. The van der Waals surface area contributed by atoms with Crippen molar-refractivity contribution in [1.29, 1.82) is 0 Å². The normalized spacial score (nSPS) is 14.9. The van der Waals surface area contributed by atoms with Crippen molar-refractivity contribution in [2.45, 2.75) is 6.61 Å². The van der Waals surface area contributed by atoms with E-state index in [1.807, 2.05) is 48.5 Å². The van der Waals surface area contributed by atoms with Gasteiger partial charge in [0.05, 0.1) is 10.6 Å². The zero-order chi connectivity index (χ0) is 22.8. The van der Waals surface area contributed by atoms with E-state index in [0.29, 0.717) is 22.9 Å². The van der Waals surface area contributed by atoms with Crippen LogP contribution in [-0.2, 0) is 11.4 Å². The number of carbonyl (C=O) groups is 2. The molecule has 4 aromatic rings. The maximum absolute atomic E-state index is 13.0. The highest BCUT2D eigenvalue weighted by atomic mass is 79.9. The summed E-state index contributed by atoms with van der Waals surface area (Å²) in [6, 6.07) is 28.9. The highest BCUT2D eigenvalue weighted by Crippen LogP contribution is 2.37. The van der Waals surface area contributed by atoms with Crippen LogP contribution in [0.15, 0.2) is 100 Å². The lowest BCUT2D eigenvalue weighted by molar-refractivity contribution is -0.113. The molecule has 1 fully saturated rings. The number of benzene rings is 4. The van der Waals surface area contributed by atoms with E-state index in [2.05, 4.69) is 34.1 Å². The Morgan fingerprint density at radius 2 is 1.64 bits per heavy atom. The van der Waals surface area contributed by atoms with Crippen LogP contribution in [0.1, 0.15) is 11.1 Å². The van der Waals surface area contributed by atoms with Gasteiger partial charge in [0.15, 0.2) is 0 Å². The van der Waals surface area contributed by atoms with Gasteiger partial charge in [0.25, 0.3) is 11.1 Å². The average molecular weight is 516 g/mol. The van der Waals surface area contributed by atoms with Gasteiger partial charge in [-0.15, -0.1) is 0 Å². The van der Waals surface area contributed by atoms with Gasteiger partial charge in [0, 0.05) is 10.0 Å². The maximum Gasteiger partial charge on any atom is 0.298 e. The molecule has 0 aromatic heterocycles. The second-order valence-electron chi connectivity index (χ2n) is 7.46. The van der Waals surface area contributed by atoms with Crippen molar-refractivity contribution in [3.05, 3.63) is 112 Å². The summed E-state index contributed by atoms with van der Waals surface area (Å²) >= 11 is 4.43.